The highest BCUT2D eigenvalue weighted by molar-refractivity contribution is 5.76. The number of carbonyl (C=O) groups is 1. The molecule has 3 aromatic rings. The van der Waals surface area contributed by atoms with Crippen LogP contribution in [0.2, 0.25) is 0 Å². The molecular weight excluding hydrogens is 552 g/mol. The Morgan fingerprint density at radius 3 is 2.23 bits per heavy atom. The Labute approximate surface area is 262 Å². The van der Waals surface area contributed by atoms with Gasteiger partial charge in [-0.05, 0) is 73.4 Å². The number of nitro groups is 1. The number of carbonyl (C=O) groups excluding carboxylic acids is 1. The molecule has 0 aromatic heterocycles. The summed E-state index contributed by atoms with van der Waals surface area (Å²) in [6.07, 6.45) is 4.51. The Morgan fingerprint density at radius 2 is 1.59 bits per heavy atom. The second-order valence-corrected chi connectivity index (χ2v) is 12.3. The molecule has 2 aliphatic rings. The van der Waals surface area contributed by atoms with E-state index in [0.29, 0.717) is 24.7 Å². The van der Waals surface area contributed by atoms with Crippen LogP contribution in [0, 0.1) is 16.0 Å². The van der Waals surface area contributed by atoms with Gasteiger partial charge in [-0.25, -0.2) is 0 Å². The molecule has 5 rings (SSSR count). The highest BCUT2D eigenvalue weighted by Crippen LogP contribution is 2.32. The minimum atomic E-state index is -0.406. The Morgan fingerprint density at radius 1 is 0.932 bits per heavy atom. The third-order valence-electron chi connectivity index (χ3n) is 8.67. The molecule has 0 atom stereocenters. The van der Waals surface area contributed by atoms with Gasteiger partial charge in [0.25, 0.3) is 0 Å². The zero-order valence-corrected chi connectivity index (χ0v) is 25.4. The zero-order valence-electron chi connectivity index (χ0n) is 25.4. The number of benzene rings is 3. The summed E-state index contributed by atoms with van der Waals surface area (Å²) in [7, 11) is 0. The Bertz CT molecular complexity index is 1350. The van der Waals surface area contributed by atoms with Crippen molar-refractivity contribution in [3.05, 3.63) is 88.5 Å². The van der Waals surface area contributed by atoms with Gasteiger partial charge in [0, 0.05) is 49.9 Å². The number of rotatable bonds is 11. The average Bonchev–Trinajstić information content (AvgIpc) is 3.03. The van der Waals surface area contributed by atoms with Crippen molar-refractivity contribution < 1.29 is 14.5 Å². The van der Waals surface area contributed by atoms with Gasteiger partial charge in [-0.15, -0.1) is 0 Å². The van der Waals surface area contributed by atoms with Crippen LogP contribution in [0.25, 0.3) is 11.1 Å². The van der Waals surface area contributed by atoms with Gasteiger partial charge in [-0.3, -0.25) is 14.9 Å². The summed E-state index contributed by atoms with van der Waals surface area (Å²) in [5.41, 5.74) is 4.71. The number of piperidine rings is 2. The van der Waals surface area contributed by atoms with Crippen LogP contribution in [-0.2, 0) is 4.79 Å². The van der Waals surface area contributed by atoms with Crippen LogP contribution in [0.1, 0.15) is 64.9 Å². The fourth-order valence-corrected chi connectivity index (χ4v) is 6.12. The predicted octanol–water partition coefficient (Wildman–Crippen LogP) is 7.61. The van der Waals surface area contributed by atoms with E-state index in [1.807, 2.05) is 24.8 Å². The Balaban J connectivity index is 0.00000442. The van der Waals surface area contributed by atoms with Crippen molar-refractivity contribution >= 4 is 17.3 Å². The monoisotopic (exact) mass is 600 g/mol. The van der Waals surface area contributed by atoms with Gasteiger partial charge in [-0.2, -0.15) is 0 Å². The summed E-state index contributed by atoms with van der Waals surface area (Å²) in [6.45, 7) is 8.77. The summed E-state index contributed by atoms with van der Waals surface area (Å²) in [4.78, 5) is 28.4. The normalized spacial score (nSPS) is 16.4. The molecule has 236 valence electrons. The molecule has 3 aromatic carbocycles. The molecule has 2 heterocycles. The van der Waals surface area contributed by atoms with E-state index >= 15 is 0 Å². The summed E-state index contributed by atoms with van der Waals surface area (Å²) < 4.78 is 5.72. The summed E-state index contributed by atoms with van der Waals surface area (Å²) in [6, 6.07) is 24.7. The number of nitrogens with zero attached hydrogens (tertiary/aromatic N) is 3. The van der Waals surface area contributed by atoms with E-state index in [1.165, 1.54) is 22.8 Å². The Kier molecular flexibility index (Phi) is 11.8. The molecule has 1 N–H and O–H groups in total. The number of hydrogen-bond acceptors (Lipinski definition) is 6. The minimum Gasteiger partial charge on any atom is -0.486 e. The lowest BCUT2D eigenvalue weighted by Gasteiger charge is -2.35. The van der Waals surface area contributed by atoms with Crippen molar-refractivity contribution in [2.45, 2.75) is 65.3 Å². The predicted molar refractivity (Wildman–Crippen MR) is 178 cm³/mol. The number of nitrogens with one attached hydrogen (secondary N) is 1. The number of nitro benzene ring substituents is 1. The van der Waals surface area contributed by atoms with Crippen molar-refractivity contribution in [3.63, 3.8) is 0 Å². The second kappa shape index (κ2) is 15.7. The first-order chi connectivity index (χ1) is 20.9. The highest BCUT2D eigenvalue weighted by atomic mass is 16.6. The molecule has 44 heavy (non-hydrogen) atoms. The maximum absolute atomic E-state index is 13.0. The van der Waals surface area contributed by atoms with E-state index in [1.54, 1.807) is 12.1 Å². The molecule has 2 fully saturated rings. The molecule has 0 spiro atoms. The van der Waals surface area contributed by atoms with Crippen LogP contribution in [0.4, 0.5) is 11.4 Å². The Hall–Kier alpha value is -3.91. The largest absolute Gasteiger partial charge is 0.486 e. The van der Waals surface area contributed by atoms with Crippen LogP contribution in [-0.4, -0.2) is 66.0 Å². The third kappa shape index (κ3) is 8.82. The van der Waals surface area contributed by atoms with Crippen molar-refractivity contribution in [2.24, 2.45) is 5.92 Å². The fraction of sp³-hybridized carbons (Fsp3) is 0.472. The first-order valence-corrected chi connectivity index (χ1v) is 15.7. The summed E-state index contributed by atoms with van der Waals surface area (Å²) >= 11 is 0. The van der Waals surface area contributed by atoms with Gasteiger partial charge in [-0.1, -0.05) is 75.9 Å². The molecule has 2 aliphatic heterocycles. The number of anilines is 1. The number of hydrogen-bond donors (Lipinski definition) is 1. The molecule has 1 amide bonds. The topological polar surface area (TPSA) is 88.0 Å². The number of amides is 1. The quantitative estimate of drug-likeness (QED) is 0.180. The smallest absolute Gasteiger partial charge is 0.311 e. The molecular formula is C36H48N4O4. The van der Waals surface area contributed by atoms with E-state index in [4.69, 9.17) is 4.74 Å². The lowest BCUT2D eigenvalue weighted by molar-refractivity contribution is -0.385. The lowest BCUT2D eigenvalue weighted by Crippen LogP contribution is -2.43. The molecule has 0 unspecified atom stereocenters. The van der Waals surface area contributed by atoms with Gasteiger partial charge in [0.2, 0.25) is 5.91 Å². The van der Waals surface area contributed by atoms with E-state index in [0.717, 1.165) is 64.1 Å². The van der Waals surface area contributed by atoms with Gasteiger partial charge in [0.15, 0.2) is 5.75 Å². The average molecular weight is 601 g/mol. The highest BCUT2D eigenvalue weighted by Gasteiger charge is 2.25. The van der Waals surface area contributed by atoms with Crippen molar-refractivity contribution in [1.82, 2.24) is 9.80 Å². The van der Waals surface area contributed by atoms with E-state index in [9.17, 15) is 14.9 Å². The van der Waals surface area contributed by atoms with Gasteiger partial charge >= 0.3 is 5.69 Å². The van der Waals surface area contributed by atoms with Crippen molar-refractivity contribution in [3.8, 4) is 16.9 Å². The zero-order chi connectivity index (χ0) is 30.2. The first-order valence-electron chi connectivity index (χ1n) is 15.7. The first kappa shape index (κ1) is 33.0. The van der Waals surface area contributed by atoms with Crippen molar-refractivity contribution in [1.29, 1.82) is 0 Å². The summed E-state index contributed by atoms with van der Waals surface area (Å²) in [5, 5.41) is 14.9. The fourth-order valence-electron chi connectivity index (χ4n) is 6.12. The second-order valence-electron chi connectivity index (χ2n) is 12.3. The van der Waals surface area contributed by atoms with Gasteiger partial charge in [0.05, 0.1) is 11.5 Å². The van der Waals surface area contributed by atoms with E-state index in [2.05, 4.69) is 58.7 Å². The number of ether oxygens (including phenoxy) is 1. The molecule has 8 heteroatoms. The van der Waals surface area contributed by atoms with Crippen LogP contribution in [0.5, 0.6) is 5.75 Å². The third-order valence-corrected chi connectivity index (χ3v) is 8.67. The molecule has 0 aliphatic carbocycles. The molecule has 8 nitrogen and oxygen atoms in total. The lowest BCUT2D eigenvalue weighted by atomic mass is 9.88. The molecule has 0 saturated carbocycles. The van der Waals surface area contributed by atoms with Crippen LogP contribution in [0.3, 0.4) is 0 Å². The maximum Gasteiger partial charge on any atom is 0.311 e. The van der Waals surface area contributed by atoms with Crippen LogP contribution in [0.15, 0.2) is 72.8 Å². The van der Waals surface area contributed by atoms with E-state index in [-0.39, 0.29) is 31.0 Å². The molecule has 0 bridgehead atoms. The van der Waals surface area contributed by atoms with E-state index < -0.39 is 4.92 Å². The van der Waals surface area contributed by atoms with Crippen molar-refractivity contribution in [2.75, 3.05) is 44.6 Å². The van der Waals surface area contributed by atoms with Crippen LogP contribution < -0.4 is 10.1 Å². The van der Waals surface area contributed by atoms with Crippen LogP contribution >= 0.6 is 0 Å². The van der Waals surface area contributed by atoms with Gasteiger partial charge < -0.3 is 19.9 Å². The maximum atomic E-state index is 13.0. The summed E-state index contributed by atoms with van der Waals surface area (Å²) in [5.74, 6) is 1.38. The molecule has 0 radical (unpaired) electrons. The minimum absolute atomic E-state index is 0. The van der Waals surface area contributed by atoms with Gasteiger partial charge in [0.1, 0.15) is 0 Å². The standard InChI is InChI=1S/C35H44N4O4.CH4/c1-26(2)25-43-34-24-32(12-13-33(34)39(41)42)36-31-16-22-38(23-17-31)35(40)18-21-37-19-14-30(15-20-37)29-10-8-28(9-11-29)27-6-4-3-5-7-27;/h3-13,24,26,30-31,36H,14-23,25H2,1-2H3;1H4. The molecule has 2 saturated heterocycles. The number of likely N-dealkylation sites (tertiary alicyclic amines) is 2. The SMILES string of the molecule is C.CC(C)COc1cc(NC2CCN(C(=O)CCN3CCC(c4ccc(-c5ccccc5)cc4)CC3)CC2)ccc1[N+](=O)[O-].